The lowest BCUT2D eigenvalue weighted by Gasteiger charge is -2.39. The number of aromatic carboxylic acids is 1. The highest BCUT2D eigenvalue weighted by Gasteiger charge is 2.44. The number of aliphatic imine (C=N–C) groups is 1. The first-order chi connectivity index (χ1) is 34.8. The molecule has 3 amide bonds. The summed E-state index contributed by atoms with van der Waals surface area (Å²) in [6.07, 6.45) is 7.07. The molecule has 6 heterocycles. The topological polar surface area (TPSA) is 197 Å². The monoisotopic (exact) mass is 1020 g/mol. The number of benzene rings is 2. The van der Waals surface area contributed by atoms with Crippen LogP contribution in [0.25, 0.3) is 11.3 Å². The summed E-state index contributed by atoms with van der Waals surface area (Å²) in [5, 5.41) is 18.6. The quantitative estimate of drug-likeness (QED) is 0.0624. The number of esters is 1. The Bertz CT molecular complexity index is 2870. The molecule has 2 saturated heterocycles. The Morgan fingerprint density at radius 3 is 2.51 bits per heavy atom. The molecule has 3 N–H and O–H groups in total. The Labute approximate surface area is 429 Å². The molecule has 1 unspecified atom stereocenters. The number of aromatic nitrogens is 2. The van der Waals surface area contributed by atoms with Crippen molar-refractivity contribution in [1.29, 1.82) is 0 Å². The smallest absolute Gasteiger partial charge is 0.341 e. The normalized spacial score (nSPS) is 18.9. The predicted molar refractivity (Wildman–Crippen MR) is 276 cm³/mol. The number of amidine groups is 1. The van der Waals surface area contributed by atoms with Gasteiger partial charge in [0, 0.05) is 87.0 Å². The molecule has 19 heteroatoms. The Morgan fingerprint density at radius 1 is 1.01 bits per heavy atom. The number of ether oxygens (including phenoxy) is 3. The number of rotatable bonds is 19. The number of carbonyl (C=O) groups is 4. The number of urea groups is 1. The number of methoxy groups -OCH3 is 1. The number of hydrogen-bond donors (Lipinski definition) is 3. The fourth-order valence-corrected chi connectivity index (χ4v) is 10.9. The zero-order valence-electron chi connectivity index (χ0n) is 43.0. The number of carboxylic acids is 1. The SMILES string of the molecule is CCOC(=O)C1=C(CN2CCN3C(=O)N(CC(C)(C)C(=O)NCCCCCCOc4cc5c(cc4OC)-c4cc(=O)c(C(=O)O)cn4C(C(C)(C)C)C5)C[C@@H]3C2)NC(c2nccs2)=N[C@H]1c1cccc(F)c1C. The lowest BCUT2D eigenvalue weighted by Crippen LogP contribution is -2.53. The highest BCUT2D eigenvalue weighted by atomic mass is 32.1. The van der Waals surface area contributed by atoms with E-state index in [1.165, 1.54) is 29.7 Å². The van der Waals surface area contributed by atoms with Crippen molar-refractivity contribution in [3.8, 4) is 22.8 Å². The molecular formula is C54H67FN8O9S. The molecule has 73 heavy (non-hydrogen) atoms. The number of pyridine rings is 1. The zero-order valence-corrected chi connectivity index (χ0v) is 43.8. The minimum absolute atomic E-state index is 0.0980. The molecule has 2 aromatic carbocycles. The molecule has 0 saturated carbocycles. The van der Waals surface area contributed by atoms with Crippen molar-refractivity contribution >= 4 is 41.0 Å². The van der Waals surface area contributed by atoms with Crippen LogP contribution in [0, 0.1) is 23.6 Å². The van der Waals surface area contributed by atoms with Gasteiger partial charge in [-0.2, -0.15) is 0 Å². The van der Waals surface area contributed by atoms with E-state index in [4.69, 9.17) is 19.2 Å². The van der Waals surface area contributed by atoms with E-state index in [1.54, 1.807) is 44.2 Å². The second kappa shape index (κ2) is 21.9. The third-order valence-corrected chi connectivity index (χ3v) is 15.1. The van der Waals surface area contributed by atoms with Crippen molar-refractivity contribution in [2.75, 3.05) is 66.1 Å². The molecule has 0 aliphatic carbocycles. The number of carbonyl (C=O) groups excluding carboxylic acids is 3. The average molecular weight is 1020 g/mol. The molecule has 17 nitrogen and oxygen atoms in total. The number of nitrogens with one attached hydrogen (secondary N) is 2. The predicted octanol–water partition coefficient (Wildman–Crippen LogP) is 7.38. The molecule has 0 radical (unpaired) electrons. The maximum Gasteiger partial charge on any atom is 0.341 e. The van der Waals surface area contributed by atoms with Gasteiger partial charge in [-0.25, -0.2) is 23.8 Å². The van der Waals surface area contributed by atoms with Crippen LogP contribution < -0.4 is 25.5 Å². The van der Waals surface area contributed by atoms with Gasteiger partial charge in [0.05, 0.1) is 43.0 Å². The molecular weight excluding hydrogens is 956 g/mol. The van der Waals surface area contributed by atoms with Crippen molar-refractivity contribution in [2.45, 2.75) is 98.7 Å². The summed E-state index contributed by atoms with van der Waals surface area (Å²) in [4.78, 5) is 81.1. The first-order valence-electron chi connectivity index (χ1n) is 25.1. The number of fused-ring (bicyclic) bond motifs is 4. The molecule has 8 rings (SSSR count). The fourth-order valence-electron chi connectivity index (χ4n) is 10.4. The van der Waals surface area contributed by atoms with Crippen molar-refractivity contribution in [3.63, 3.8) is 0 Å². The first kappa shape index (κ1) is 52.7. The average Bonchev–Trinajstić information content (AvgIpc) is 3.99. The standard InChI is InChI=1S/C54H67FN8O9S/c1-9-71-50(67)45-39(58-47(48-56-18-22-73-48)59-46(45)35-15-14-16-38(55)32(35)2)30-60-19-20-62-34(27-60)28-61(52(62)69)31-54(6,7)51(68)57-17-12-10-11-13-21-72-43-23-33-24-44(53(3,4)5)63-29-37(49(65)66)41(64)26-40(63)36(33)25-42(43)70-8/h14-16,18,22-23,25-26,29,34,44,46H,9-13,17,19-21,24,27-28,30-31H2,1-8H3,(H,57,68)(H,58,59)(H,65,66)/t34-,44?,46-/m0/s1. The first-order valence-corrected chi connectivity index (χ1v) is 26.0. The molecule has 4 aliphatic rings. The van der Waals surface area contributed by atoms with Gasteiger partial charge in [0.25, 0.3) is 0 Å². The summed E-state index contributed by atoms with van der Waals surface area (Å²) >= 11 is 1.40. The summed E-state index contributed by atoms with van der Waals surface area (Å²) in [6, 6.07) is 8.85. The van der Waals surface area contributed by atoms with Crippen LogP contribution >= 0.6 is 11.3 Å². The third kappa shape index (κ3) is 11.3. The van der Waals surface area contributed by atoms with E-state index in [9.17, 15) is 33.5 Å². The van der Waals surface area contributed by atoms with E-state index >= 15 is 0 Å². The van der Waals surface area contributed by atoms with Gasteiger partial charge in [0.2, 0.25) is 5.91 Å². The van der Waals surface area contributed by atoms with Crippen molar-refractivity contribution in [1.82, 2.24) is 34.9 Å². The zero-order chi connectivity index (χ0) is 52.4. The summed E-state index contributed by atoms with van der Waals surface area (Å²) in [7, 11) is 1.57. The van der Waals surface area contributed by atoms with Crippen LogP contribution in [0.5, 0.6) is 11.5 Å². The van der Waals surface area contributed by atoms with Crippen LogP contribution in [0.1, 0.15) is 111 Å². The molecule has 0 spiro atoms. The van der Waals surface area contributed by atoms with Crippen LogP contribution in [0.3, 0.4) is 0 Å². The highest BCUT2D eigenvalue weighted by Crippen LogP contribution is 2.46. The van der Waals surface area contributed by atoms with Gasteiger partial charge < -0.3 is 44.3 Å². The van der Waals surface area contributed by atoms with Crippen molar-refractivity contribution in [2.24, 2.45) is 15.8 Å². The number of thiazole rings is 1. The van der Waals surface area contributed by atoms with E-state index in [0.29, 0.717) is 103 Å². The maximum atomic E-state index is 15.0. The summed E-state index contributed by atoms with van der Waals surface area (Å²) in [5.41, 5.74) is 2.40. The summed E-state index contributed by atoms with van der Waals surface area (Å²) in [6.45, 7) is 17.1. The van der Waals surface area contributed by atoms with Gasteiger partial charge in [-0.15, -0.1) is 11.3 Å². The molecule has 0 bridgehead atoms. The molecule has 4 aromatic rings. The second-order valence-electron chi connectivity index (χ2n) is 21.0. The number of halogens is 1. The number of nitrogens with zero attached hydrogens (tertiary/aromatic N) is 6. The van der Waals surface area contributed by atoms with E-state index < -0.39 is 34.6 Å². The Hall–Kier alpha value is -6.60. The summed E-state index contributed by atoms with van der Waals surface area (Å²) in [5.74, 6) is -0.702. The van der Waals surface area contributed by atoms with Gasteiger partial charge in [-0.1, -0.05) is 45.7 Å². The number of carboxylic acid groups (broad SMARTS) is 1. The molecule has 2 aromatic heterocycles. The van der Waals surface area contributed by atoms with E-state index in [2.05, 4.69) is 41.3 Å². The van der Waals surface area contributed by atoms with Crippen molar-refractivity contribution in [3.05, 3.63) is 109 Å². The highest BCUT2D eigenvalue weighted by molar-refractivity contribution is 7.11. The lowest BCUT2D eigenvalue weighted by atomic mass is 9.78. The minimum atomic E-state index is -1.25. The van der Waals surface area contributed by atoms with Crippen LogP contribution in [0.15, 0.2) is 75.2 Å². The number of unbranched alkanes of at least 4 members (excludes halogenated alkanes) is 3. The van der Waals surface area contributed by atoms with Gasteiger partial charge >= 0.3 is 18.0 Å². The molecule has 4 aliphatic heterocycles. The Kier molecular flexibility index (Phi) is 15.8. The number of hydrogen-bond acceptors (Lipinski definition) is 13. The molecule has 390 valence electrons. The van der Waals surface area contributed by atoms with Gasteiger partial charge in [0.1, 0.15) is 17.4 Å². The van der Waals surface area contributed by atoms with Crippen LogP contribution in [-0.4, -0.2) is 131 Å². The number of piperazine rings is 1. The fraction of sp³-hybridized carbons (Fsp3) is 0.500. The van der Waals surface area contributed by atoms with E-state index in [0.717, 1.165) is 36.8 Å². The lowest BCUT2D eigenvalue weighted by molar-refractivity contribution is -0.139. The number of amides is 3. The van der Waals surface area contributed by atoms with Gasteiger partial charge in [-0.3, -0.25) is 19.5 Å². The van der Waals surface area contributed by atoms with E-state index in [-0.39, 0.29) is 48.2 Å². The van der Waals surface area contributed by atoms with Crippen LogP contribution in [0.2, 0.25) is 0 Å². The second-order valence-corrected chi connectivity index (χ2v) is 21.8. The van der Waals surface area contributed by atoms with Gasteiger partial charge in [-0.05, 0) is 87.3 Å². The van der Waals surface area contributed by atoms with Crippen molar-refractivity contribution < 1.29 is 42.9 Å². The Morgan fingerprint density at radius 2 is 1.79 bits per heavy atom. The molecule has 3 atom stereocenters. The third-order valence-electron chi connectivity index (χ3n) is 14.3. The molecule has 2 fully saturated rings. The Balaban J connectivity index is 0.821. The maximum absolute atomic E-state index is 15.0. The van der Waals surface area contributed by atoms with Gasteiger partial charge in [0.15, 0.2) is 27.8 Å². The largest absolute Gasteiger partial charge is 0.493 e. The van der Waals surface area contributed by atoms with Crippen LogP contribution in [0.4, 0.5) is 9.18 Å². The van der Waals surface area contributed by atoms with Crippen LogP contribution in [-0.2, 0) is 20.7 Å². The summed E-state index contributed by atoms with van der Waals surface area (Å²) < 4.78 is 34.4. The van der Waals surface area contributed by atoms with E-state index in [1.807, 2.05) is 40.8 Å². The minimum Gasteiger partial charge on any atom is -0.493 e.